The Labute approximate surface area is 97.6 Å². The first-order valence-corrected chi connectivity index (χ1v) is 6.76. The number of fused-ring (bicyclic) bond motifs is 1. The molecule has 0 bridgehead atoms. The first-order valence-electron chi connectivity index (χ1n) is 4.94. The zero-order valence-electron chi connectivity index (χ0n) is 8.88. The van der Waals surface area contributed by atoms with Crippen LogP contribution in [0.3, 0.4) is 0 Å². The molecule has 0 saturated heterocycles. The molecule has 0 spiro atoms. The topological polar surface area (TPSA) is 123 Å². The minimum atomic E-state index is -3.17. The first-order chi connectivity index (χ1) is 7.87. The number of aromatic nitrogens is 2. The van der Waals surface area contributed by atoms with Crippen molar-refractivity contribution in [3.63, 3.8) is 0 Å². The van der Waals surface area contributed by atoms with E-state index in [1.54, 1.807) is 0 Å². The molecule has 0 unspecified atom stereocenters. The quantitative estimate of drug-likeness (QED) is 0.748. The monoisotopic (exact) mass is 257 g/mol. The van der Waals surface area contributed by atoms with Gasteiger partial charge in [-0.1, -0.05) is 0 Å². The van der Waals surface area contributed by atoms with Crippen molar-refractivity contribution in [3.05, 3.63) is 17.1 Å². The predicted octanol–water partition coefficient (Wildman–Crippen LogP) is -0.496. The first kappa shape index (κ1) is 11.8. The lowest BCUT2D eigenvalue weighted by Crippen LogP contribution is -2.07. The highest BCUT2D eigenvalue weighted by atomic mass is 32.2. The van der Waals surface area contributed by atoms with Gasteiger partial charge in [-0.05, 0) is 0 Å². The fraction of sp³-hybridized carbons (Fsp3) is 0.444. The Morgan fingerprint density at radius 1 is 1.35 bits per heavy atom. The minimum absolute atomic E-state index is 0.106. The standard InChI is InChI=1S/C9H11N3O4S/c10-9-5-3-17(15,16)4-6(5)11-7(12-9)1-2-8(13)14/h1-4H2,(H,13,14)(H2,10,11,12). The minimum Gasteiger partial charge on any atom is -0.481 e. The number of sulfone groups is 1. The SMILES string of the molecule is Nc1nc(CCC(=O)O)nc2c1CS(=O)(=O)C2. The number of nitrogens with two attached hydrogens (primary N) is 1. The van der Waals surface area contributed by atoms with E-state index in [1.807, 2.05) is 0 Å². The van der Waals surface area contributed by atoms with E-state index in [9.17, 15) is 13.2 Å². The number of anilines is 1. The van der Waals surface area contributed by atoms with Gasteiger partial charge in [-0.15, -0.1) is 0 Å². The van der Waals surface area contributed by atoms with Gasteiger partial charge in [0.05, 0.1) is 23.6 Å². The summed E-state index contributed by atoms with van der Waals surface area (Å²) < 4.78 is 22.8. The number of aliphatic carboxylic acids is 1. The van der Waals surface area contributed by atoms with Crippen molar-refractivity contribution < 1.29 is 18.3 Å². The van der Waals surface area contributed by atoms with Gasteiger partial charge < -0.3 is 10.8 Å². The lowest BCUT2D eigenvalue weighted by atomic mass is 10.2. The highest BCUT2D eigenvalue weighted by molar-refractivity contribution is 7.90. The van der Waals surface area contributed by atoms with Crippen molar-refractivity contribution in [2.75, 3.05) is 5.73 Å². The van der Waals surface area contributed by atoms with Gasteiger partial charge in [0.2, 0.25) is 0 Å². The van der Waals surface area contributed by atoms with Crippen LogP contribution in [-0.2, 0) is 32.6 Å². The maximum atomic E-state index is 11.4. The number of aryl methyl sites for hydroxylation is 1. The van der Waals surface area contributed by atoms with Crippen LogP contribution >= 0.6 is 0 Å². The Kier molecular flexibility index (Phi) is 2.74. The van der Waals surface area contributed by atoms with Crippen LogP contribution in [0, 0.1) is 0 Å². The summed E-state index contributed by atoms with van der Waals surface area (Å²) in [5.74, 6) is -0.819. The molecule has 92 valence electrons. The van der Waals surface area contributed by atoms with Crippen molar-refractivity contribution in [2.24, 2.45) is 0 Å². The van der Waals surface area contributed by atoms with Crippen LogP contribution in [0.15, 0.2) is 0 Å². The second kappa shape index (κ2) is 3.95. The van der Waals surface area contributed by atoms with Gasteiger partial charge in [-0.3, -0.25) is 4.79 Å². The highest BCUT2D eigenvalue weighted by Gasteiger charge is 2.29. The molecule has 0 aliphatic carbocycles. The van der Waals surface area contributed by atoms with E-state index < -0.39 is 15.8 Å². The van der Waals surface area contributed by atoms with Crippen molar-refractivity contribution >= 4 is 21.6 Å². The molecule has 0 radical (unpaired) electrons. The molecular weight excluding hydrogens is 246 g/mol. The average molecular weight is 257 g/mol. The van der Waals surface area contributed by atoms with E-state index in [0.717, 1.165) is 0 Å². The van der Waals surface area contributed by atoms with Gasteiger partial charge >= 0.3 is 5.97 Å². The highest BCUT2D eigenvalue weighted by Crippen LogP contribution is 2.27. The largest absolute Gasteiger partial charge is 0.481 e. The summed E-state index contributed by atoms with van der Waals surface area (Å²) in [5.41, 5.74) is 6.49. The van der Waals surface area contributed by atoms with E-state index in [-0.39, 0.29) is 36.0 Å². The molecule has 1 aromatic heterocycles. The molecule has 2 heterocycles. The van der Waals surface area contributed by atoms with Crippen LogP contribution in [0.1, 0.15) is 23.5 Å². The number of nitrogen functional groups attached to an aromatic ring is 1. The van der Waals surface area contributed by atoms with Gasteiger partial charge in [0.25, 0.3) is 0 Å². The summed E-state index contributed by atoms with van der Waals surface area (Å²) in [5, 5.41) is 8.54. The molecule has 0 atom stereocenters. The Morgan fingerprint density at radius 3 is 2.71 bits per heavy atom. The number of nitrogens with zero attached hydrogens (tertiary/aromatic N) is 2. The molecular formula is C9H11N3O4S. The molecule has 2 rings (SSSR count). The lowest BCUT2D eigenvalue weighted by molar-refractivity contribution is -0.137. The summed E-state index contributed by atoms with van der Waals surface area (Å²) in [6, 6.07) is 0. The number of hydrogen-bond donors (Lipinski definition) is 2. The summed E-state index contributed by atoms with van der Waals surface area (Å²) in [6.45, 7) is 0. The summed E-state index contributed by atoms with van der Waals surface area (Å²) in [4.78, 5) is 18.4. The number of carboxylic acid groups (broad SMARTS) is 1. The molecule has 0 aromatic carbocycles. The average Bonchev–Trinajstić information content (AvgIpc) is 2.50. The second-order valence-electron chi connectivity index (χ2n) is 3.88. The van der Waals surface area contributed by atoms with Crippen molar-refractivity contribution in [3.8, 4) is 0 Å². The lowest BCUT2D eigenvalue weighted by Gasteiger charge is -2.04. The van der Waals surface area contributed by atoms with Gasteiger partial charge in [-0.25, -0.2) is 18.4 Å². The van der Waals surface area contributed by atoms with E-state index in [1.165, 1.54) is 0 Å². The van der Waals surface area contributed by atoms with Crippen molar-refractivity contribution in [1.29, 1.82) is 0 Å². The van der Waals surface area contributed by atoms with Crippen molar-refractivity contribution in [2.45, 2.75) is 24.3 Å². The molecule has 0 fully saturated rings. The van der Waals surface area contributed by atoms with Gasteiger partial charge in [0.15, 0.2) is 9.84 Å². The third kappa shape index (κ3) is 2.52. The van der Waals surface area contributed by atoms with Crippen LogP contribution < -0.4 is 5.73 Å². The number of carboxylic acids is 1. The maximum absolute atomic E-state index is 11.4. The Bertz CT molecular complexity index is 582. The number of hydrogen-bond acceptors (Lipinski definition) is 6. The van der Waals surface area contributed by atoms with Gasteiger partial charge in [0.1, 0.15) is 11.6 Å². The van der Waals surface area contributed by atoms with Crippen LogP contribution in [0.5, 0.6) is 0 Å². The zero-order valence-corrected chi connectivity index (χ0v) is 9.70. The van der Waals surface area contributed by atoms with E-state index >= 15 is 0 Å². The predicted molar refractivity (Wildman–Crippen MR) is 58.7 cm³/mol. The molecule has 1 aliphatic heterocycles. The van der Waals surface area contributed by atoms with Crippen molar-refractivity contribution in [1.82, 2.24) is 9.97 Å². The smallest absolute Gasteiger partial charge is 0.303 e. The van der Waals surface area contributed by atoms with Gasteiger partial charge in [0, 0.05) is 12.0 Å². The van der Waals surface area contributed by atoms with E-state index in [0.29, 0.717) is 11.3 Å². The van der Waals surface area contributed by atoms with E-state index in [2.05, 4.69) is 9.97 Å². The zero-order chi connectivity index (χ0) is 12.6. The Balaban J connectivity index is 2.30. The van der Waals surface area contributed by atoms with Crippen LogP contribution in [0.25, 0.3) is 0 Å². The molecule has 0 amide bonds. The fourth-order valence-corrected chi connectivity index (χ4v) is 3.20. The summed E-state index contributed by atoms with van der Waals surface area (Å²) in [6.07, 6.45) is 0.0395. The van der Waals surface area contributed by atoms with E-state index in [4.69, 9.17) is 10.8 Å². The molecule has 3 N–H and O–H groups in total. The number of carbonyl (C=O) groups is 1. The van der Waals surface area contributed by atoms with Gasteiger partial charge in [-0.2, -0.15) is 0 Å². The Morgan fingerprint density at radius 2 is 2.06 bits per heavy atom. The second-order valence-corrected chi connectivity index (χ2v) is 5.94. The molecule has 7 nitrogen and oxygen atoms in total. The number of rotatable bonds is 3. The third-order valence-electron chi connectivity index (χ3n) is 2.45. The Hall–Kier alpha value is -1.70. The third-order valence-corrected chi connectivity index (χ3v) is 3.90. The molecule has 8 heteroatoms. The maximum Gasteiger partial charge on any atom is 0.303 e. The molecule has 0 saturated carbocycles. The summed E-state index contributed by atoms with van der Waals surface area (Å²) >= 11 is 0. The fourth-order valence-electron chi connectivity index (χ4n) is 1.69. The van der Waals surface area contributed by atoms with Crippen LogP contribution in [-0.4, -0.2) is 29.5 Å². The molecule has 17 heavy (non-hydrogen) atoms. The molecule has 1 aromatic rings. The van der Waals surface area contributed by atoms with Crippen LogP contribution in [0.2, 0.25) is 0 Å². The summed E-state index contributed by atoms with van der Waals surface area (Å²) in [7, 11) is -3.17. The normalized spacial score (nSPS) is 16.7. The molecule has 1 aliphatic rings. The van der Waals surface area contributed by atoms with Crippen LogP contribution in [0.4, 0.5) is 5.82 Å².